The van der Waals surface area contributed by atoms with Crippen LogP contribution in [-0.4, -0.2) is 25.3 Å². The molecule has 2 aliphatic rings. The Morgan fingerprint density at radius 3 is 2.94 bits per heavy atom. The van der Waals surface area contributed by atoms with Crippen molar-refractivity contribution in [3.05, 3.63) is 11.6 Å². The van der Waals surface area contributed by atoms with Gasteiger partial charge in [-0.05, 0) is 45.6 Å². The molecule has 1 N–H and O–H groups in total. The minimum absolute atomic E-state index is 0.423. The van der Waals surface area contributed by atoms with Crippen LogP contribution in [0.3, 0.4) is 0 Å². The molecule has 0 spiro atoms. The second kappa shape index (κ2) is 5.83. The van der Waals surface area contributed by atoms with Crippen LogP contribution in [0.4, 0.5) is 0 Å². The smallest absolute Gasteiger partial charge is 0.0594 e. The molecule has 1 heterocycles. The average Bonchev–Trinajstić information content (AvgIpc) is 2.73. The Bertz CT molecular complexity index is 249. The summed E-state index contributed by atoms with van der Waals surface area (Å²) >= 11 is 0. The van der Waals surface area contributed by atoms with E-state index in [0.717, 1.165) is 13.2 Å². The highest BCUT2D eigenvalue weighted by atomic mass is 16.5. The molecular formula is C14H25NO. The third-order valence-corrected chi connectivity index (χ3v) is 4.01. The van der Waals surface area contributed by atoms with Gasteiger partial charge in [0.25, 0.3) is 0 Å². The quantitative estimate of drug-likeness (QED) is 0.740. The number of nitrogens with one attached hydrogen (secondary N) is 1. The van der Waals surface area contributed by atoms with Crippen LogP contribution in [0.15, 0.2) is 11.6 Å². The number of likely N-dealkylation sites (N-methyl/N-ethyl adjacent to an activating group) is 1. The number of hydrogen-bond donors (Lipinski definition) is 1. The fourth-order valence-electron chi connectivity index (χ4n) is 3.11. The third-order valence-electron chi connectivity index (χ3n) is 4.01. The Morgan fingerprint density at radius 2 is 2.38 bits per heavy atom. The summed E-state index contributed by atoms with van der Waals surface area (Å²) in [6.07, 6.45) is 9.43. The highest BCUT2D eigenvalue weighted by Crippen LogP contribution is 2.31. The molecule has 1 fully saturated rings. The molecule has 2 nitrogen and oxygen atoms in total. The van der Waals surface area contributed by atoms with Gasteiger partial charge in [0.15, 0.2) is 0 Å². The Hall–Kier alpha value is -0.340. The maximum absolute atomic E-state index is 5.72. The first-order valence-electron chi connectivity index (χ1n) is 6.87. The normalized spacial score (nSPS) is 32.5. The first-order chi connectivity index (χ1) is 7.83. The molecule has 2 heteroatoms. The minimum Gasteiger partial charge on any atom is -0.378 e. The molecule has 0 aromatic carbocycles. The van der Waals surface area contributed by atoms with Gasteiger partial charge in [-0.1, -0.05) is 18.6 Å². The lowest BCUT2D eigenvalue weighted by Gasteiger charge is -2.30. The second-order valence-electron chi connectivity index (χ2n) is 5.09. The van der Waals surface area contributed by atoms with Gasteiger partial charge in [-0.15, -0.1) is 0 Å². The summed E-state index contributed by atoms with van der Waals surface area (Å²) in [6, 6.07) is 0.572. The Morgan fingerprint density at radius 1 is 1.50 bits per heavy atom. The van der Waals surface area contributed by atoms with Gasteiger partial charge in [-0.2, -0.15) is 0 Å². The Kier molecular flexibility index (Phi) is 4.42. The minimum atomic E-state index is 0.423. The van der Waals surface area contributed by atoms with Gasteiger partial charge in [0.1, 0.15) is 0 Å². The van der Waals surface area contributed by atoms with Gasteiger partial charge in [0, 0.05) is 18.6 Å². The van der Waals surface area contributed by atoms with Crippen LogP contribution in [0, 0.1) is 5.92 Å². The van der Waals surface area contributed by atoms with E-state index >= 15 is 0 Å². The van der Waals surface area contributed by atoms with Crippen molar-refractivity contribution in [3.8, 4) is 0 Å². The standard InChI is InChI=1S/C14H25NO/c1-3-15-14(12-7-5-4-6-8-12)13-9-10-16-11(13)2/h7,11,13-15H,3-6,8-10H2,1-2H3. The van der Waals surface area contributed by atoms with E-state index in [1.807, 2.05) is 0 Å². The summed E-state index contributed by atoms with van der Waals surface area (Å²) in [6.45, 7) is 6.44. The van der Waals surface area contributed by atoms with Crippen molar-refractivity contribution < 1.29 is 4.74 Å². The van der Waals surface area contributed by atoms with Crippen molar-refractivity contribution in [2.75, 3.05) is 13.2 Å². The molecule has 3 unspecified atom stereocenters. The van der Waals surface area contributed by atoms with Crippen LogP contribution in [0.25, 0.3) is 0 Å². The van der Waals surface area contributed by atoms with Gasteiger partial charge >= 0.3 is 0 Å². The summed E-state index contributed by atoms with van der Waals surface area (Å²) in [7, 11) is 0. The van der Waals surface area contributed by atoms with Crippen LogP contribution in [0.5, 0.6) is 0 Å². The van der Waals surface area contributed by atoms with Crippen LogP contribution in [0.1, 0.15) is 46.0 Å². The molecule has 92 valence electrons. The topological polar surface area (TPSA) is 21.3 Å². The van der Waals surface area contributed by atoms with Crippen LogP contribution >= 0.6 is 0 Å². The molecule has 0 amide bonds. The first-order valence-corrected chi connectivity index (χ1v) is 6.87. The molecule has 0 bridgehead atoms. The molecule has 16 heavy (non-hydrogen) atoms. The van der Waals surface area contributed by atoms with Gasteiger partial charge in [0.05, 0.1) is 6.10 Å². The Balaban J connectivity index is 2.06. The molecule has 0 saturated carbocycles. The number of allylic oxidation sites excluding steroid dienone is 1. The number of hydrogen-bond acceptors (Lipinski definition) is 2. The lowest BCUT2D eigenvalue weighted by molar-refractivity contribution is 0.0986. The molecular weight excluding hydrogens is 198 g/mol. The summed E-state index contributed by atoms with van der Waals surface area (Å²) in [5.74, 6) is 0.685. The maximum atomic E-state index is 5.72. The van der Waals surface area contributed by atoms with Crippen molar-refractivity contribution in [1.29, 1.82) is 0 Å². The van der Waals surface area contributed by atoms with Crippen LogP contribution in [-0.2, 0) is 4.74 Å². The number of rotatable bonds is 4. The molecule has 0 aromatic heterocycles. The molecule has 0 aromatic rings. The van der Waals surface area contributed by atoms with E-state index in [-0.39, 0.29) is 0 Å². The fraction of sp³-hybridized carbons (Fsp3) is 0.857. The third kappa shape index (κ3) is 2.67. The van der Waals surface area contributed by atoms with Gasteiger partial charge < -0.3 is 10.1 Å². The molecule has 1 aliphatic heterocycles. The SMILES string of the molecule is CCNC(C1=CCCCC1)C1CCOC1C. The van der Waals surface area contributed by atoms with Gasteiger partial charge in [-0.3, -0.25) is 0 Å². The van der Waals surface area contributed by atoms with Crippen LogP contribution < -0.4 is 5.32 Å². The lowest BCUT2D eigenvalue weighted by atomic mass is 9.83. The average molecular weight is 223 g/mol. The highest BCUT2D eigenvalue weighted by molar-refractivity contribution is 5.16. The van der Waals surface area contributed by atoms with Crippen molar-refractivity contribution in [3.63, 3.8) is 0 Å². The predicted molar refractivity (Wildman–Crippen MR) is 67.5 cm³/mol. The zero-order chi connectivity index (χ0) is 11.4. The second-order valence-corrected chi connectivity index (χ2v) is 5.09. The van der Waals surface area contributed by atoms with E-state index in [0.29, 0.717) is 18.1 Å². The fourth-order valence-corrected chi connectivity index (χ4v) is 3.11. The molecule has 3 atom stereocenters. The lowest BCUT2D eigenvalue weighted by Crippen LogP contribution is -2.41. The van der Waals surface area contributed by atoms with E-state index in [9.17, 15) is 0 Å². The zero-order valence-electron chi connectivity index (χ0n) is 10.7. The van der Waals surface area contributed by atoms with E-state index in [1.54, 1.807) is 5.57 Å². The maximum Gasteiger partial charge on any atom is 0.0594 e. The van der Waals surface area contributed by atoms with Crippen molar-refractivity contribution >= 4 is 0 Å². The van der Waals surface area contributed by atoms with Crippen molar-refractivity contribution in [1.82, 2.24) is 5.32 Å². The largest absolute Gasteiger partial charge is 0.378 e. The van der Waals surface area contributed by atoms with Crippen molar-refractivity contribution in [2.45, 2.75) is 58.1 Å². The summed E-state index contributed by atoms with van der Waals surface area (Å²) < 4.78 is 5.72. The highest BCUT2D eigenvalue weighted by Gasteiger charge is 2.33. The van der Waals surface area contributed by atoms with E-state index < -0.39 is 0 Å². The zero-order valence-corrected chi connectivity index (χ0v) is 10.7. The van der Waals surface area contributed by atoms with Crippen molar-refractivity contribution in [2.24, 2.45) is 5.92 Å². The molecule has 1 aliphatic carbocycles. The van der Waals surface area contributed by atoms with Gasteiger partial charge in [0.2, 0.25) is 0 Å². The summed E-state index contributed by atoms with van der Waals surface area (Å²) in [4.78, 5) is 0. The molecule has 1 saturated heterocycles. The Labute approximate surface area is 99.4 Å². The van der Waals surface area contributed by atoms with E-state index in [2.05, 4.69) is 25.2 Å². The number of ether oxygens (including phenoxy) is 1. The van der Waals surface area contributed by atoms with E-state index in [1.165, 1.54) is 32.1 Å². The summed E-state index contributed by atoms with van der Waals surface area (Å²) in [5.41, 5.74) is 1.65. The molecule has 2 rings (SSSR count). The molecule has 0 radical (unpaired) electrons. The predicted octanol–water partition coefficient (Wildman–Crippen LogP) is 2.89. The van der Waals surface area contributed by atoms with E-state index in [4.69, 9.17) is 4.74 Å². The first kappa shape index (κ1) is 12.1. The van der Waals surface area contributed by atoms with Crippen LogP contribution in [0.2, 0.25) is 0 Å². The van der Waals surface area contributed by atoms with Gasteiger partial charge in [-0.25, -0.2) is 0 Å². The monoisotopic (exact) mass is 223 g/mol. The summed E-state index contributed by atoms with van der Waals surface area (Å²) in [5, 5.41) is 3.68.